The van der Waals surface area contributed by atoms with Crippen molar-refractivity contribution in [3.8, 4) is 11.5 Å². The predicted molar refractivity (Wildman–Crippen MR) is 92.5 cm³/mol. The van der Waals surface area contributed by atoms with E-state index in [1.54, 1.807) is 6.07 Å². The molecule has 0 heterocycles. The van der Waals surface area contributed by atoms with Crippen molar-refractivity contribution < 1.29 is 10.2 Å². The van der Waals surface area contributed by atoms with E-state index in [1.807, 2.05) is 36.4 Å². The number of nitrogens with zero attached hydrogens (tertiary/aromatic N) is 1. The maximum atomic E-state index is 10.2. The molecule has 3 nitrogen and oxygen atoms in total. The summed E-state index contributed by atoms with van der Waals surface area (Å²) in [6, 6.07) is 24.8. The summed E-state index contributed by atoms with van der Waals surface area (Å²) in [6.45, 7) is 1.29. The van der Waals surface area contributed by atoms with Crippen molar-refractivity contribution in [2.24, 2.45) is 0 Å². The third-order valence-corrected chi connectivity index (χ3v) is 3.73. The van der Waals surface area contributed by atoms with Gasteiger partial charge in [-0.1, -0.05) is 60.7 Å². The summed E-state index contributed by atoms with van der Waals surface area (Å²) in [6.07, 6.45) is 0. The van der Waals surface area contributed by atoms with Crippen LogP contribution >= 0.6 is 0 Å². The zero-order valence-electron chi connectivity index (χ0n) is 12.8. The van der Waals surface area contributed by atoms with Gasteiger partial charge in [0, 0.05) is 19.2 Å². The third-order valence-electron chi connectivity index (χ3n) is 3.73. The van der Waals surface area contributed by atoms with Gasteiger partial charge in [-0.3, -0.25) is 0 Å². The molecule has 0 amide bonds. The third kappa shape index (κ3) is 3.83. The maximum Gasteiger partial charge on any atom is 0.139 e. The molecule has 0 saturated heterocycles. The highest BCUT2D eigenvalue weighted by atomic mass is 16.3. The van der Waals surface area contributed by atoms with Crippen LogP contribution in [-0.4, -0.2) is 10.2 Å². The van der Waals surface area contributed by atoms with Gasteiger partial charge < -0.3 is 15.1 Å². The Balaban J connectivity index is 1.94. The second-order valence-corrected chi connectivity index (χ2v) is 5.50. The average molecular weight is 305 g/mol. The van der Waals surface area contributed by atoms with E-state index in [4.69, 9.17) is 0 Å². The molecule has 0 aliphatic heterocycles. The smallest absolute Gasteiger partial charge is 0.139 e. The summed E-state index contributed by atoms with van der Waals surface area (Å²) in [5.41, 5.74) is 2.91. The fourth-order valence-electron chi connectivity index (χ4n) is 2.60. The Kier molecular flexibility index (Phi) is 4.48. The molecule has 3 aromatic rings. The summed E-state index contributed by atoms with van der Waals surface area (Å²) in [5, 5.41) is 20.0. The molecule has 0 unspecified atom stereocenters. The molecule has 0 spiro atoms. The number of anilines is 1. The highest BCUT2D eigenvalue weighted by Crippen LogP contribution is 2.33. The first-order valence-corrected chi connectivity index (χ1v) is 7.57. The van der Waals surface area contributed by atoms with Crippen LogP contribution in [0.5, 0.6) is 11.5 Å². The van der Waals surface area contributed by atoms with E-state index in [9.17, 15) is 10.2 Å². The monoisotopic (exact) mass is 305 g/mol. The van der Waals surface area contributed by atoms with Crippen molar-refractivity contribution in [2.75, 3.05) is 4.90 Å². The molecule has 3 heteroatoms. The number of phenols is 2. The average Bonchev–Trinajstić information content (AvgIpc) is 2.58. The van der Waals surface area contributed by atoms with Gasteiger partial charge in [-0.05, 0) is 23.3 Å². The molecule has 0 atom stereocenters. The van der Waals surface area contributed by atoms with Crippen LogP contribution in [0, 0.1) is 0 Å². The van der Waals surface area contributed by atoms with Crippen LogP contribution in [0.2, 0.25) is 0 Å². The molecule has 0 radical (unpaired) electrons. The summed E-state index contributed by atoms with van der Waals surface area (Å²) >= 11 is 0. The predicted octanol–water partition coefficient (Wildman–Crippen LogP) is 4.30. The van der Waals surface area contributed by atoms with E-state index < -0.39 is 0 Å². The van der Waals surface area contributed by atoms with Gasteiger partial charge in [0.2, 0.25) is 0 Å². The normalized spacial score (nSPS) is 10.4. The molecule has 23 heavy (non-hydrogen) atoms. The number of benzene rings is 3. The van der Waals surface area contributed by atoms with Crippen LogP contribution in [0.15, 0.2) is 78.9 Å². The van der Waals surface area contributed by atoms with E-state index in [1.165, 1.54) is 12.1 Å². The number of rotatable bonds is 5. The lowest BCUT2D eigenvalue weighted by Crippen LogP contribution is -2.22. The van der Waals surface area contributed by atoms with Crippen LogP contribution in [0.1, 0.15) is 11.1 Å². The number of aromatic hydroxyl groups is 2. The second-order valence-electron chi connectivity index (χ2n) is 5.50. The van der Waals surface area contributed by atoms with Crippen molar-refractivity contribution >= 4 is 5.69 Å². The fraction of sp³-hybridized carbons (Fsp3) is 0.100. The molecule has 0 bridgehead atoms. The van der Waals surface area contributed by atoms with Crippen molar-refractivity contribution in [1.29, 1.82) is 0 Å². The molecule has 0 fully saturated rings. The van der Waals surface area contributed by atoms with Crippen molar-refractivity contribution in [1.82, 2.24) is 0 Å². The Hall–Kier alpha value is -2.94. The van der Waals surface area contributed by atoms with Gasteiger partial charge in [0.25, 0.3) is 0 Å². The quantitative estimate of drug-likeness (QED) is 0.691. The molecule has 0 aliphatic carbocycles. The van der Waals surface area contributed by atoms with Gasteiger partial charge in [-0.15, -0.1) is 0 Å². The van der Waals surface area contributed by atoms with Gasteiger partial charge in [-0.2, -0.15) is 0 Å². The molecule has 0 saturated carbocycles. The minimum atomic E-state index is 0.143. The topological polar surface area (TPSA) is 43.7 Å². The number of hydrogen-bond acceptors (Lipinski definition) is 3. The van der Waals surface area contributed by atoms with Crippen molar-refractivity contribution in [3.63, 3.8) is 0 Å². The highest BCUT2D eigenvalue weighted by Gasteiger charge is 2.13. The lowest BCUT2D eigenvalue weighted by Gasteiger charge is -2.26. The van der Waals surface area contributed by atoms with Gasteiger partial charge in [0.15, 0.2) is 0 Å². The van der Waals surface area contributed by atoms with Crippen molar-refractivity contribution in [2.45, 2.75) is 13.1 Å². The number of phenolic OH excluding ortho intramolecular Hbond substituents is 2. The molecule has 0 aliphatic rings. The number of hydrogen-bond donors (Lipinski definition) is 2. The minimum absolute atomic E-state index is 0.143. The highest BCUT2D eigenvalue weighted by molar-refractivity contribution is 5.61. The zero-order chi connectivity index (χ0) is 16.1. The van der Waals surface area contributed by atoms with E-state index in [0.717, 1.165) is 11.1 Å². The Morgan fingerprint density at radius 1 is 0.652 bits per heavy atom. The summed E-state index contributed by atoms with van der Waals surface area (Å²) in [4.78, 5) is 2.06. The van der Waals surface area contributed by atoms with E-state index in [2.05, 4.69) is 29.2 Å². The van der Waals surface area contributed by atoms with Gasteiger partial charge >= 0.3 is 0 Å². The minimum Gasteiger partial charge on any atom is -0.508 e. The lowest BCUT2D eigenvalue weighted by atomic mass is 10.1. The first-order valence-electron chi connectivity index (χ1n) is 7.57. The van der Waals surface area contributed by atoms with E-state index in [0.29, 0.717) is 18.8 Å². The Bertz CT molecular complexity index is 716. The van der Waals surface area contributed by atoms with Crippen molar-refractivity contribution in [3.05, 3.63) is 90.0 Å². The van der Waals surface area contributed by atoms with Crippen LogP contribution < -0.4 is 4.90 Å². The van der Waals surface area contributed by atoms with E-state index in [-0.39, 0.29) is 11.5 Å². The molecule has 3 rings (SSSR count). The second kappa shape index (κ2) is 6.88. The molecular weight excluding hydrogens is 286 g/mol. The van der Waals surface area contributed by atoms with Crippen LogP contribution in [0.25, 0.3) is 0 Å². The molecule has 2 N–H and O–H groups in total. The molecule has 0 aromatic heterocycles. The molecular formula is C20H19NO2. The maximum absolute atomic E-state index is 10.2. The zero-order valence-corrected chi connectivity index (χ0v) is 12.8. The van der Waals surface area contributed by atoms with Crippen LogP contribution in [0.4, 0.5) is 5.69 Å². The summed E-state index contributed by atoms with van der Waals surface area (Å²) in [7, 11) is 0. The SMILES string of the molecule is Oc1ccc(O)c(N(Cc2ccccc2)Cc2ccccc2)c1. The Labute approximate surface area is 136 Å². The van der Waals surface area contributed by atoms with Gasteiger partial charge in [-0.25, -0.2) is 0 Å². The Morgan fingerprint density at radius 3 is 1.70 bits per heavy atom. The van der Waals surface area contributed by atoms with Crippen LogP contribution in [-0.2, 0) is 13.1 Å². The fourth-order valence-corrected chi connectivity index (χ4v) is 2.60. The summed E-state index contributed by atoms with van der Waals surface area (Å²) < 4.78 is 0. The lowest BCUT2D eigenvalue weighted by molar-refractivity contribution is 0.458. The van der Waals surface area contributed by atoms with E-state index >= 15 is 0 Å². The Morgan fingerprint density at radius 2 is 1.17 bits per heavy atom. The standard InChI is InChI=1S/C20H19NO2/c22-18-11-12-20(23)19(13-18)21(14-16-7-3-1-4-8-16)15-17-9-5-2-6-10-17/h1-13,22-23H,14-15H2. The molecule has 116 valence electrons. The summed E-state index contributed by atoms with van der Waals surface area (Å²) in [5.74, 6) is 0.304. The first kappa shape index (κ1) is 15.0. The molecule has 3 aromatic carbocycles. The largest absolute Gasteiger partial charge is 0.508 e. The first-order chi connectivity index (χ1) is 11.2. The van der Waals surface area contributed by atoms with Crippen LogP contribution in [0.3, 0.4) is 0 Å². The van der Waals surface area contributed by atoms with Gasteiger partial charge in [0.05, 0.1) is 5.69 Å². The van der Waals surface area contributed by atoms with Gasteiger partial charge in [0.1, 0.15) is 11.5 Å².